The number of halogens is 6. The summed E-state index contributed by atoms with van der Waals surface area (Å²) in [5.41, 5.74) is -1.19. The molecule has 2 aromatic rings. The molecule has 0 aliphatic carbocycles. The lowest BCUT2D eigenvalue weighted by atomic mass is 9.96. The molecular weight excluding hydrogens is 540 g/mol. The molecule has 220 valence electrons. The third-order valence-corrected chi connectivity index (χ3v) is 6.57. The molecule has 2 aromatic carbocycles. The molecule has 1 aliphatic rings. The van der Waals surface area contributed by atoms with Gasteiger partial charge in [0.05, 0.1) is 23.7 Å². The van der Waals surface area contributed by atoms with E-state index in [1.165, 1.54) is 13.1 Å². The van der Waals surface area contributed by atoms with Crippen LogP contribution in [0, 0.1) is 11.8 Å². The molecule has 2 N–H and O–H groups in total. The first kappa shape index (κ1) is 31.2. The van der Waals surface area contributed by atoms with Crippen LogP contribution in [0.4, 0.5) is 26.3 Å². The quantitative estimate of drug-likeness (QED) is 0.227. The van der Waals surface area contributed by atoms with Gasteiger partial charge < -0.3 is 19.9 Å². The predicted octanol–water partition coefficient (Wildman–Crippen LogP) is 7.55. The number of carboxylic acids is 1. The molecule has 0 bridgehead atoms. The Balaban J connectivity index is 1.88. The maximum atomic E-state index is 13.6. The number of fused-ring (bicyclic) bond motifs is 1. The standard InChI is InChI=1S/C29H33F6NO4/c1-16(2)15-39-26(24-10-7-20-6-5-19(12-25(20)40-24)11-17(3)27(37)38)14-36-18(4)22-13-21(28(30,31)32)8-9-23(22)29(33,34)35/h5-6,8-9,12-14,16-18,24,36H,7,10-11,15H2,1-4H3,(H,37,38)/b26-14-. The first-order valence-electron chi connectivity index (χ1n) is 12.9. The van der Waals surface area contributed by atoms with E-state index in [9.17, 15) is 36.2 Å². The van der Waals surface area contributed by atoms with Crippen LogP contribution in [-0.4, -0.2) is 23.8 Å². The minimum atomic E-state index is -4.85. The largest absolute Gasteiger partial charge is 0.492 e. The van der Waals surface area contributed by atoms with E-state index in [-0.39, 0.29) is 12.5 Å². The highest BCUT2D eigenvalue weighted by molar-refractivity contribution is 5.70. The molecule has 11 heteroatoms. The summed E-state index contributed by atoms with van der Waals surface area (Å²) in [6.45, 7) is 7.06. The molecule has 0 saturated carbocycles. The van der Waals surface area contributed by atoms with Crippen LogP contribution in [0.2, 0.25) is 0 Å². The van der Waals surface area contributed by atoms with Crippen LogP contribution < -0.4 is 10.1 Å². The molecule has 0 radical (unpaired) electrons. The fourth-order valence-electron chi connectivity index (χ4n) is 4.32. The number of aryl methyl sites for hydroxylation is 1. The Labute approximate surface area is 229 Å². The number of alkyl halides is 6. The van der Waals surface area contributed by atoms with Crippen molar-refractivity contribution >= 4 is 5.97 Å². The summed E-state index contributed by atoms with van der Waals surface area (Å²) in [7, 11) is 0. The lowest BCUT2D eigenvalue weighted by molar-refractivity contribution is -0.142. The zero-order valence-electron chi connectivity index (χ0n) is 22.6. The van der Waals surface area contributed by atoms with E-state index in [1.54, 1.807) is 13.0 Å². The Morgan fingerprint density at radius 3 is 2.38 bits per heavy atom. The highest BCUT2D eigenvalue weighted by Crippen LogP contribution is 2.39. The molecule has 5 nitrogen and oxygen atoms in total. The fourth-order valence-corrected chi connectivity index (χ4v) is 4.32. The van der Waals surface area contributed by atoms with Crippen molar-refractivity contribution in [1.29, 1.82) is 0 Å². The van der Waals surface area contributed by atoms with Gasteiger partial charge in [0, 0.05) is 12.2 Å². The van der Waals surface area contributed by atoms with Crippen LogP contribution in [-0.2, 0) is 34.7 Å². The summed E-state index contributed by atoms with van der Waals surface area (Å²) < 4.78 is 92.8. The molecule has 0 aromatic heterocycles. The number of aliphatic carboxylic acids is 1. The number of ether oxygens (including phenoxy) is 2. The first-order valence-corrected chi connectivity index (χ1v) is 12.9. The molecule has 3 atom stereocenters. The van der Waals surface area contributed by atoms with Gasteiger partial charge in [-0.15, -0.1) is 0 Å². The first-order chi connectivity index (χ1) is 18.6. The summed E-state index contributed by atoms with van der Waals surface area (Å²) in [4.78, 5) is 11.3. The van der Waals surface area contributed by atoms with Gasteiger partial charge in [-0.2, -0.15) is 26.3 Å². The maximum absolute atomic E-state index is 13.6. The summed E-state index contributed by atoms with van der Waals surface area (Å²) in [6.07, 6.45) is -7.48. The molecule has 3 unspecified atom stereocenters. The zero-order chi connectivity index (χ0) is 29.8. The van der Waals surface area contributed by atoms with Crippen LogP contribution in [0.5, 0.6) is 5.75 Å². The summed E-state index contributed by atoms with van der Waals surface area (Å²) in [5.74, 6) is -0.545. The second-order valence-electron chi connectivity index (χ2n) is 10.5. The fraction of sp³-hybridized carbons (Fsp3) is 0.483. The van der Waals surface area contributed by atoms with Crippen molar-refractivity contribution in [2.75, 3.05) is 6.61 Å². The van der Waals surface area contributed by atoms with E-state index in [4.69, 9.17) is 9.47 Å². The van der Waals surface area contributed by atoms with Crippen molar-refractivity contribution in [3.8, 4) is 5.75 Å². The molecule has 0 saturated heterocycles. The van der Waals surface area contributed by atoms with E-state index in [2.05, 4.69) is 5.32 Å². The average Bonchev–Trinajstić information content (AvgIpc) is 2.86. The number of hydrogen-bond acceptors (Lipinski definition) is 4. The van der Waals surface area contributed by atoms with Crippen molar-refractivity contribution in [2.45, 2.75) is 71.5 Å². The van der Waals surface area contributed by atoms with Crippen LogP contribution in [0.15, 0.2) is 48.4 Å². The molecular formula is C29H33F6NO4. The molecule has 1 heterocycles. The lowest BCUT2D eigenvalue weighted by Gasteiger charge is -2.29. The number of benzene rings is 2. The minimum absolute atomic E-state index is 0.112. The molecule has 40 heavy (non-hydrogen) atoms. The van der Waals surface area contributed by atoms with Crippen molar-refractivity contribution in [3.63, 3.8) is 0 Å². The molecule has 0 spiro atoms. The number of nitrogens with one attached hydrogen (secondary N) is 1. The highest BCUT2D eigenvalue weighted by atomic mass is 19.4. The van der Waals surface area contributed by atoms with Gasteiger partial charge >= 0.3 is 18.3 Å². The van der Waals surface area contributed by atoms with Crippen molar-refractivity contribution in [1.82, 2.24) is 5.32 Å². The topological polar surface area (TPSA) is 67.8 Å². The van der Waals surface area contributed by atoms with Crippen molar-refractivity contribution < 1.29 is 45.7 Å². The maximum Gasteiger partial charge on any atom is 0.416 e. The molecule has 3 rings (SSSR count). The van der Waals surface area contributed by atoms with Gasteiger partial charge in [-0.25, -0.2) is 0 Å². The number of rotatable bonds is 10. The van der Waals surface area contributed by atoms with Crippen LogP contribution in [0.1, 0.15) is 68.0 Å². The van der Waals surface area contributed by atoms with Gasteiger partial charge in [-0.05, 0) is 73.1 Å². The third kappa shape index (κ3) is 8.08. The predicted molar refractivity (Wildman–Crippen MR) is 137 cm³/mol. The van der Waals surface area contributed by atoms with Gasteiger partial charge in [0.15, 0.2) is 11.9 Å². The smallest absolute Gasteiger partial charge is 0.416 e. The van der Waals surface area contributed by atoms with E-state index >= 15 is 0 Å². The SMILES string of the molecule is CC(C)CO/C(=C\NC(C)c1cc(C(F)(F)F)ccc1C(F)(F)F)C1CCc2ccc(CC(C)C(=O)O)cc2O1. The average molecular weight is 574 g/mol. The van der Waals surface area contributed by atoms with Gasteiger partial charge in [-0.3, -0.25) is 4.79 Å². The number of carbonyl (C=O) groups is 1. The van der Waals surface area contributed by atoms with Gasteiger partial charge in [0.25, 0.3) is 0 Å². The number of hydrogen-bond donors (Lipinski definition) is 2. The second-order valence-corrected chi connectivity index (χ2v) is 10.5. The minimum Gasteiger partial charge on any atom is -0.492 e. The Morgan fingerprint density at radius 1 is 1.07 bits per heavy atom. The lowest BCUT2D eigenvalue weighted by Crippen LogP contribution is -2.29. The third-order valence-electron chi connectivity index (χ3n) is 6.57. The van der Waals surface area contributed by atoms with Crippen LogP contribution in [0.25, 0.3) is 0 Å². The Hall–Kier alpha value is -3.37. The molecule has 1 aliphatic heterocycles. The summed E-state index contributed by atoms with van der Waals surface area (Å²) in [6, 6.07) is 5.73. The molecule has 0 fully saturated rings. The van der Waals surface area contributed by atoms with E-state index < -0.39 is 53.1 Å². The second kappa shape index (κ2) is 12.4. The van der Waals surface area contributed by atoms with E-state index in [1.807, 2.05) is 26.0 Å². The van der Waals surface area contributed by atoms with E-state index in [0.29, 0.717) is 49.0 Å². The Kier molecular flexibility index (Phi) is 9.68. The zero-order valence-corrected chi connectivity index (χ0v) is 22.6. The Bertz CT molecular complexity index is 1220. The molecule has 0 amide bonds. The summed E-state index contributed by atoms with van der Waals surface area (Å²) in [5, 5.41) is 12.0. The highest BCUT2D eigenvalue weighted by Gasteiger charge is 2.38. The van der Waals surface area contributed by atoms with Crippen LogP contribution >= 0.6 is 0 Å². The summed E-state index contributed by atoms with van der Waals surface area (Å²) >= 11 is 0. The van der Waals surface area contributed by atoms with Gasteiger partial charge in [0.1, 0.15) is 5.75 Å². The number of carboxylic acid groups (broad SMARTS) is 1. The van der Waals surface area contributed by atoms with Crippen molar-refractivity contribution in [3.05, 3.63) is 76.2 Å². The van der Waals surface area contributed by atoms with Crippen molar-refractivity contribution in [2.24, 2.45) is 11.8 Å². The van der Waals surface area contributed by atoms with Crippen LogP contribution in [0.3, 0.4) is 0 Å². The van der Waals surface area contributed by atoms with Gasteiger partial charge in [-0.1, -0.05) is 32.9 Å². The van der Waals surface area contributed by atoms with E-state index in [0.717, 1.165) is 11.1 Å². The monoisotopic (exact) mass is 573 g/mol. The van der Waals surface area contributed by atoms with Gasteiger partial charge in [0.2, 0.25) is 0 Å². The Morgan fingerprint density at radius 2 is 1.77 bits per heavy atom. The normalized spacial score (nSPS) is 17.6.